The van der Waals surface area contributed by atoms with Gasteiger partial charge in [0, 0.05) is 23.5 Å². The first-order valence-corrected chi connectivity index (χ1v) is 10.1. The van der Waals surface area contributed by atoms with E-state index in [-0.39, 0.29) is 0 Å². The van der Waals surface area contributed by atoms with E-state index in [2.05, 4.69) is 64.6 Å². The zero-order chi connectivity index (χ0) is 20.3. The summed E-state index contributed by atoms with van der Waals surface area (Å²) in [6.07, 6.45) is 11.4. The van der Waals surface area contributed by atoms with Crippen molar-refractivity contribution in [2.75, 3.05) is 0 Å². The maximum Gasteiger partial charge on any atom is 0.248 e. The van der Waals surface area contributed by atoms with Gasteiger partial charge in [0.1, 0.15) is 0 Å². The highest BCUT2D eigenvalue weighted by Gasteiger charge is 2.12. The van der Waals surface area contributed by atoms with Crippen LogP contribution in [0.3, 0.4) is 0 Å². The third kappa shape index (κ3) is 3.72. The molecule has 2 aromatic heterocycles. The van der Waals surface area contributed by atoms with E-state index in [4.69, 9.17) is 4.42 Å². The van der Waals surface area contributed by atoms with Gasteiger partial charge in [-0.15, -0.1) is 10.2 Å². The Hall–Kier alpha value is -3.79. The minimum Gasteiger partial charge on any atom is -0.416 e. The molecule has 0 spiro atoms. The number of pyridine rings is 1. The topological polar surface area (TPSA) is 51.8 Å². The first-order chi connectivity index (χ1) is 14.8. The van der Waals surface area contributed by atoms with Crippen LogP contribution in [0.15, 0.2) is 95.7 Å². The van der Waals surface area contributed by atoms with Crippen molar-refractivity contribution in [3.63, 3.8) is 0 Å². The van der Waals surface area contributed by atoms with E-state index in [1.165, 1.54) is 11.1 Å². The van der Waals surface area contributed by atoms with Gasteiger partial charge in [-0.05, 0) is 71.0 Å². The molecular formula is C26H21N3O. The van der Waals surface area contributed by atoms with Crippen LogP contribution in [-0.4, -0.2) is 15.2 Å². The Labute approximate surface area is 175 Å². The molecule has 0 radical (unpaired) electrons. The van der Waals surface area contributed by atoms with Crippen molar-refractivity contribution in [2.45, 2.75) is 13.3 Å². The fraction of sp³-hybridized carbons (Fsp3) is 0.115. The normalized spacial score (nSPS) is 15.8. The van der Waals surface area contributed by atoms with E-state index >= 15 is 0 Å². The van der Waals surface area contributed by atoms with Crippen molar-refractivity contribution in [1.29, 1.82) is 0 Å². The van der Waals surface area contributed by atoms with Gasteiger partial charge in [-0.1, -0.05) is 49.4 Å². The third-order valence-corrected chi connectivity index (χ3v) is 5.31. The zero-order valence-corrected chi connectivity index (χ0v) is 16.7. The van der Waals surface area contributed by atoms with E-state index in [0.717, 1.165) is 28.7 Å². The second kappa shape index (κ2) is 7.91. The number of hydrogen-bond donors (Lipinski definition) is 0. The largest absolute Gasteiger partial charge is 0.416 e. The summed E-state index contributed by atoms with van der Waals surface area (Å²) >= 11 is 0. The lowest BCUT2D eigenvalue weighted by Gasteiger charge is -2.12. The SMILES string of the molecule is CC1C=C(c2ccc(-c3nnc(-c4ccc(-c5ccncc5)cc4)o3)cc2)C=CC1. The number of allylic oxidation sites excluding steroid dienone is 4. The Kier molecular flexibility index (Phi) is 4.81. The van der Waals surface area contributed by atoms with Gasteiger partial charge < -0.3 is 4.42 Å². The molecule has 4 aromatic rings. The summed E-state index contributed by atoms with van der Waals surface area (Å²) in [6.45, 7) is 2.24. The molecule has 0 fully saturated rings. The molecule has 0 saturated heterocycles. The summed E-state index contributed by atoms with van der Waals surface area (Å²) in [7, 11) is 0. The number of benzene rings is 2. The number of rotatable bonds is 4. The number of nitrogens with zero attached hydrogens (tertiary/aromatic N) is 3. The fourth-order valence-corrected chi connectivity index (χ4v) is 3.64. The lowest BCUT2D eigenvalue weighted by molar-refractivity contribution is 0.584. The van der Waals surface area contributed by atoms with Gasteiger partial charge in [0.2, 0.25) is 11.8 Å². The summed E-state index contributed by atoms with van der Waals surface area (Å²) in [5.41, 5.74) is 6.53. The van der Waals surface area contributed by atoms with Crippen molar-refractivity contribution in [3.05, 3.63) is 96.8 Å². The molecule has 1 atom stereocenters. The van der Waals surface area contributed by atoms with Crippen LogP contribution in [0.4, 0.5) is 0 Å². The fourth-order valence-electron chi connectivity index (χ4n) is 3.64. The van der Waals surface area contributed by atoms with Crippen LogP contribution in [-0.2, 0) is 0 Å². The summed E-state index contributed by atoms with van der Waals surface area (Å²) in [5.74, 6) is 1.62. The molecule has 146 valence electrons. The zero-order valence-electron chi connectivity index (χ0n) is 16.7. The molecule has 0 N–H and O–H groups in total. The van der Waals surface area contributed by atoms with Gasteiger partial charge >= 0.3 is 0 Å². The van der Waals surface area contributed by atoms with Gasteiger partial charge in [0.15, 0.2) is 0 Å². The van der Waals surface area contributed by atoms with Crippen LogP contribution >= 0.6 is 0 Å². The molecule has 1 aliphatic rings. The lowest BCUT2D eigenvalue weighted by Crippen LogP contribution is -1.94. The van der Waals surface area contributed by atoms with Gasteiger partial charge in [-0.3, -0.25) is 4.98 Å². The summed E-state index contributed by atoms with van der Waals surface area (Å²) in [5, 5.41) is 8.48. The van der Waals surface area contributed by atoms with Crippen LogP contribution in [0.25, 0.3) is 39.6 Å². The number of aromatic nitrogens is 3. The smallest absolute Gasteiger partial charge is 0.248 e. The van der Waals surface area contributed by atoms with Crippen LogP contribution in [0.5, 0.6) is 0 Å². The van der Waals surface area contributed by atoms with Crippen molar-refractivity contribution < 1.29 is 4.42 Å². The van der Waals surface area contributed by atoms with Crippen molar-refractivity contribution >= 4 is 5.57 Å². The average Bonchev–Trinajstić information content (AvgIpc) is 3.30. The molecule has 4 heteroatoms. The molecule has 30 heavy (non-hydrogen) atoms. The maximum absolute atomic E-state index is 5.94. The first kappa shape index (κ1) is 18.3. The highest BCUT2D eigenvalue weighted by molar-refractivity contribution is 5.76. The third-order valence-electron chi connectivity index (χ3n) is 5.31. The minimum atomic E-state index is 0.516. The van der Waals surface area contributed by atoms with Crippen LogP contribution in [0.2, 0.25) is 0 Å². The molecular weight excluding hydrogens is 370 g/mol. The van der Waals surface area contributed by atoms with Gasteiger partial charge in [0.05, 0.1) is 0 Å². The summed E-state index contributed by atoms with van der Waals surface area (Å²) < 4.78 is 5.94. The van der Waals surface area contributed by atoms with E-state index in [0.29, 0.717) is 17.7 Å². The second-order valence-corrected chi connectivity index (χ2v) is 7.54. The van der Waals surface area contributed by atoms with Crippen LogP contribution < -0.4 is 0 Å². The Morgan fingerprint density at radius 2 is 1.23 bits per heavy atom. The Morgan fingerprint density at radius 3 is 1.83 bits per heavy atom. The van der Waals surface area contributed by atoms with Crippen LogP contribution in [0.1, 0.15) is 18.9 Å². The van der Waals surface area contributed by atoms with E-state index in [1.807, 2.05) is 36.4 Å². The quantitative estimate of drug-likeness (QED) is 0.401. The standard InChI is InChI=1S/C26H21N3O/c1-18-3-2-4-24(17-18)20-7-11-23(12-8-20)26-29-28-25(30-26)22-9-5-19(6-10-22)21-13-15-27-16-14-21/h2,4-18H,3H2,1H3. The number of hydrogen-bond acceptors (Lipinski definition) is 4. The predicted octanol–water partition coefficient (Wildman–Crippen LogP) is 6.45. The van der Waals surface area contributed by atoms with Crippen molar-refractivity contribution in [3.8, 4) is 34.0 Å². The van der Waals surface area contributed by atoms with Gasteiger partial charge in [0.25, 0.3) is 0 Å². The highest BCUT2D eigenvalue weighted by atomic mass is 16.4. The Morgan fingerprint density at radius 1 is 0.700 bits per heavy atom. The van der Waals surface area contributed by atoms with Crippen molar-refractivity contribution in [1.82, 2.24) is 15.2 Å². The Balaban J connectivity index is 1.36. The molecule has 1 unspecified atom stereocenters. The highest BCUT2D eigenvalue weighted by Crippen LogP contribution is 2.29. The Bertz CT molecular complexity index is 1200. The predicted molar refractivity (Wildman–Crippen MR) is 119 cm³/mol. The minimum absolute atomic E-state index is 0.516. The van der Waals surface area contributed by atoms with E-state index in [1.54, 1.807) is 12.4 Å². The average molecular weight is 391 g/mol. The molecule has 5 rings (SSSR count). The molecule has 4 nitrogen and oxygen atoms in total. The van der Waals surface area contributed by atoms with Crippen molar-refractivity contribution in [2.24, 2.45) is 5.92 Å². The molecule has 0 aliphatic heterocycles. The second-order valence-electron chi connectivity index (χ2n) is 7.54. The van der Waals surface area contributed by atoms with Gasteiger partial charge in [-0.2, -0.15) is 0 Å². The van der Waals surface area contributed by atoms with E-state index in [9.17, 15) is 0 Å². The first-order valence-electron chi connectivity index (χ1n) is 10.1. The molecule has 2 aromatic carbocycles. The lowest BCUT2D eigenvalue weighted by atomic mass is 9.93. The van der Waals surface area contributed by atoms with E-state index < -0.39 is 0 Å². The molecule has 2 heterocycles. The van der Waals surface area contributed by atoms with Gasteiger partial charge in [-0.25, -0.2) is 0 Å². The summed E-state index contributed by atoms with van der Waals surface area (Å²) in [4.78, 5) is 4.06. The molecule has 0 bridgehead atoms. The molecule has 0 amide bonds. The monoisotopic (exact) mass is 391 g/mol. The molecule has 1 aliphatic carbocycles. The molecule has 0 saturated carbocycles. The van der Waals surface area contributed by atoms with Crippen LogP contribution in [0, 0.1) is 5.92 Å². The maximum atomic E-state index is 5.94. The summed E-state index contributed by atoms with van der Waals surface area (Å²) in [6, 6.07) is 20.4.